The van der Waals surface area contributed by atoms with Gasteiger partial charge in [0.05, 0.1) is 7.14 Å². The Balaban J connectivity index is 2.03. The number of hydrogen-bond acceptors (Lipinski definition) is 1. The molecule has 3 aliphatic rings. The second kappa shape index (κ2) is 7.80. The zero-order chi connectivity index (χ0) is 18.7. The van der Waals surface area contributed by atoms with E-state index in [1.165, 1.54) is 22.3 Å². The second-order valence-corrected chi connectivity index (χ2v) is 11.3. The molecule has 26 heavy (non-hydrogen) atoms. The fourth-order valence-corrected chi connectivity index (χ4v) is 5.08. The van der Waals surface area contributed by atoms with Crippen molar-refractivity contribution in [3.8, 4) is 0 Å². The molecule has 3 atom stereocenters. The minimum Gasteiger partial charge on any atom is -0.324 e. The van der Waals surface area contributed by atoms with E-state index in [0.717, 1.165) is 12.8 Å². The highest BCUT2D eigenvalue weighted by Gasteiger charge is 2.30. The molecule has 0 bridgehead atoms. The summed E-state index contributed by atoms with van der Waals surface area (Å²) in [4.78, 5) is 0. The van der Waals surface area contributed by atoms with Gasteiger partial charge >= 0.3 is 0 Å². The third-order valence-electron chi connectivity index (χ3n) is 5.44. The van der Waals surface area contributed by atoms with Gasteiger partial charge in [-0.25, -0.2) is 0 Å². The van der Waals surface area contributed by atoms with Crippen molar-refractivity contribution in [3.63, 3.8) is 0 Å². The van der Waals surface area contributed by atoms with Crippen LogP contribution >= 0.6 is 7.14 Å². The topological polar surface area (TPSA) is 17.1 Å². The first kappa shape index (κ1) is 18.9. The summed E-state index contributed by atoms with van der Waals surface area (Å²) in [7, 11) is -2.09. The smallest absolute Gasteiger partial charge is 0.0887 e. The summed E-state index contributed by atoms with van der Waals surface area (Å²) in [5.41, 5.74) is 5.50. The van der Waals surface area contributed by atoms with Gasteiger partial charge in [0, 0.05) is 17.5 Å². The van der Waals surface area contributed by atoms with Crippen molar-refractivity contribution in [2.45, 2.75) is 25.4 Å². The van der Waals surface area contributed by atoms with Gasteiger partial charge in [0.1, 0.15) is 0 Å². The van der Waals surface area contributed by atoms with Crippen LogP contribution in [0.5, 0.6) is 0 Å². The molecule has 0 aliphatic heterocycles. The summed E-state index contributed by atoms with van der Waals surface area (Å²) in [6.45, 7) is 9.80. The van der Waals surface area contributed by atoms with E-state index < -0.39 is 7.14 Å². The van der Waals surface area contributed by atoms with Crippen molar-refractivity contribution < 1.29 is 4.57 Å². The molecule has 0 saturated heterocycles. The minimum absolute atomic E-state index is 0.171. The minimum atomic E-state index is -2.09. The van der Waals surface area contributed by atoms with Crippen molar-refractivity contribution in [3.05, 3.63) is 95.7 Å². The molecule has 136 valence electrons. The summed E-state index contributed by atoms with van der Waals surface area (Å²) in [5, 5.41) is 0. The maximum Gasteiger partial charge on any atom is 0.0887 e. The van der Waals surface area contributed by atoms with Gasteiger partial charge in [-0.2, -0.15) is 0 Å². The molecule has 2 unspecified atom stereocenters. The van der Waals surface area contributed by atoms with Crippen molar-refractivity contribution in [1.82, 2.24) is 0 Å². The lowest BCUT2D eigenvalue weighted by atomic mass is 9.71. The van der Waals surface area contributed by atoms with Crippen LogP contribution in [0.15, 0.2) is 95.7 Å². The maximum atomic E-state index is 12.4. The van der Waals surface area contributed by atoms with E-state index in [2.05, 4.69) is 74.3 Å². The molecule has 0 saturated carbocycles. The summed E-state index contributed by atoms with van der Waals surface area (Å²) in [6.07, 6.45) is 26.0. The summed E-state index contributed by atoms with van der Waals surface area (Å²) >= 11 is 0. The molecule has 3 rings (SSSR count). The van der Waals surface area contributed by atoms with E-state index in [9.17, 15) is 4.57 Å². The Bertz CT molecular complexity index is 835. The van der Waals surface area contributed by atoms with Gasteiger partial charge in [0.15, 0.2) is 0 Å². The first-order chi connectivity index (χ1) is 12.4. The van der Waals surface area contributed by atoms with Crippen molar-refractivity contribution in [2.24, 2.45) is 11.8 Å². The molecule has 0 spiro atoms. The number of hydrogen-bond donors (Lipinski definition) is 0. The molecule has 0 N–H and O–H groups in total. The Morgan fingerprint density at radius 2 is 2.00 bits per heavy atom. The molecular formula is C24H29OP. The lowest BCUT2D eigenvalue weighted by Gasteiger charge is -2.33. The fourth-order valence-electron chi connectivity index (χ4n) is 3.96. The lowest BCUT2D eigenvalue weighted by Crippen LogP contribution is -2.21. The summed E-state index contributed by atoms with van der Waals surface area (Å²) in [5.74, 6) is 0.789. The molecular weight excluding hydrogens is 335 g/mol. The van der Waals surface area contributed by atoms with E-state index in [1.807, 2.05) is 19.4 Å². The largest absolute Gasteiger partial charge is 0.324 e. The quantitative estimate of drug-likeness (QED) is 0.396. The normalized spacial score (nSPS) is 28.2. The predicted molar refractivity (Wildman–Crippen MR) is 115 cm³/mol. The highest BCUT2D eigenvalue weighted by Crippen LogP contribution is 2.48. The van der Waals surface area contributed by atoms with Crippen LogP contribution in [0.1, 0.15) is 19.8 Å². The zero-order valence-electron chi connectivity index (χ0n) is 16.1. The van der Waals surface area contributed by atoms with Crippen molar-refractivity contribution >= 4 is 7.14 Å². The molecule has 3 aliphatic carbocycles. The molecule has 0 radical (unpaired) electrons. The first-order valence-electron chi connectivity index (χ1n) is 9.40. The summed E-state index contributed by atoms with van der Waals surface area (Å²) < 4.78 is 12.4. The summed E-state index contributed by atoms with van der Waals surface area (Å²) in [6, 6.07) is 0. The van der Waals surface area contributed by atoms with Gasteiger partial charge in [-0.05, 0) is 55.4 Å². The molecule has 0 aromatic carbocycles. The van der Waals surface area contributed by atoms with E-state index in [4.69, 9.17) is 0 Å². The van der Waals surface area contributed by atoms with Crippen LogP contribution in [0, 0.1) is 11.8 Å². The van der Waals surface area contributed by atoms with Crippen LogP contribution in [-0.4, -0.2) is 19.0 Å². The van der Waals surface area contributed by atoms with Gasteiger partial charge in [0.2, 0.25) is 0 Å². The van der Waals surface area contributed by atoms with Gasteiger partial charge in [0.25, 0.3) is 0 Å². The molecule has 1 nitrogen and oxygen atoms in total. The van der Waals surface area contributed by atoms with E-state index in [0.29, 0.717) is 11.8 Å². The zero-order valence-corrected chi connectivity index (χ0v) is 17.0. The average Bonchev–Trinajstić information content (AvgIpc) is 2.61. The molecule has 0 heterocycles. The fraction of sp³-hybridized carbons (Fsp3) is 0.333. The maximum absolute atomic E-state index is 12.4. The number of rotatable bonds is 5. The molecule has 0 fully saturated rings. The monoisotopic (exact) mass is 364 g/mol. The van der Waals surface area contributed by atoms with Crippen LogP contribution in [0.2, 0.25) is 0 Å². The van der Waals surface area contributed by atoms with Crippen LogP contribution in [0.3, 0.4) is 0 Å². The van der Waals surface area contributed by atoms with Gasteiger partial charge in [-0.3, -0.25) is 0 Å². The van der Waals surface area contributed by atoms with E-state index in [-0.39, 0.29) is 5.66 Å². The molecule has 0 aromatic rings. The highest BCUT2D eigenvalue weighted by atomic mass is 31.2. The number of fused-ring (bicyclic) bond motifs is 1. The predicted octanol–water partition coefficient (Wildman–Crippen LogP) is 6.61. The van der Waals surface area contributed by atoms with Gasteiger partial charge < -0.3 is 4.57 Å². The number of allylic oxidation sites excluding steroid dienone is 15. The van der Waals surface area contributed by atoms with Crippen molar-refractivity contribution in [2.75, 3.05) is 13.3 Å². The van der Waals surface area contributed by atoms with Crippen LogP contribution in [-0.2, 0) is 4.57 Å². The molecule has 0 amide bonds. The Morgan fingerprint density at radius 1 is 1.23 bits per heavy atom. The van der Waals surface area contributed by atoms with Gasteiger partial charge in [-0.15, -0.1) is 6.58 Å². The Hall–Kier alpha value is -1.85. The van der Waals surface area contributed by atoms with Crippen LogP contribution in [0.25, 0.3) is 0 Å². The Kier molecular flexibility index (Phi) is 5.68. The first-order valence-corrected chi connectivity index (χ1v) is 12.1. The third-order valence-corrected chi connectivity index (χ3v) is 7.42. The van der Waals surface area contributed by atoms with Crippen molar-refractivity contribution in [1.29, 1.82) is 0 Å². The lowest BCUT2D eigenvalue weighted by molar-refractivity contribution is 0.577. The Morgan fingerprint density at radius 3 is 2.65 bits per heavy atom. The van der Waals surface area contributed by atoms with Gasteiger partial charge in [-0.1, -0.05) is 66.8 Å². The standard InChI is InChI=1S/C24H29OP/c1-5-6-7-11-22-18(2)17-20-10-8-9-12-23(20)24(22)19-13-15-21(16-14-19)26(3,4)25/h5,7-15,17,20-21,23H,1,6,16H2,2-4H3/b11-7-/t20?,21?,23-/m1/s1. The molecule has 0 aromatic heterocycles. The van der Waals surface area contributed by atoms with Crippen LogP contribution < -0.4 is 0 Å². The molecule has 2 heteroatoms. The third kappa shape index (κ3) is 3.94. The highest BCUT2D eigenvalue weighted by molar-refractivity contribution is 7.63. The average molecular weight is 364 g/mol. The SMILES string of the molecule is C=CC/C=C\C1=C(C2=CCC(P(C)(C)=O)C=C2)[C@@H]2C=CC=CC2C=C1C. The van der Waals surface area contributed by atoms with Crippen LogP contribution in [0.4, 0.5) is 0 Å². The van der Waals surface area contributed by atoms with E-state index in [1.54, 1.807) is 0 Å². The Labute approximate surface area is 158 Å². The van der Waals surface area contributed by atoms with E-state index >= 15 is 0 Å². The second-order valence-electron chi connectivity index (χ2n) is 7.73.